The fourth-order valence-electron chi connectivity index (χ4n) is 2.80. The molecule has 0 unspecified atom stereocenters. The quantitative estimate of drug-likeness (QED) is 0.630. The van der Waals surface area contributed by atoms with Crippen molar-refractivity contribution in [3.05, 3.63) is 51.0 Å². The second-order valence-corrected chi connectivity index (χ2v) is 8.98. The molecule has 0 atom stereocenters. The van der Waals surface area contributed by atoms with Gasteiger partial charge in [-0.3, -0.25) is 14.9 Å². The van der Waals surface area contributed by atoms with Crippen molar-refractivity contribution in [2.45, 2.75) is 26.7 Å². The number of amides is 2. The highest BCUT2D eigenvalue weighted by molar-refractivity contribution is 7.14. The maximum Gasteiger partial charge on any atom is 0.257 e. The first-order valence-electron chi connectivity index (χ1n) is 8.75. The van der Waals surface area contributed by atoms with E-state index in [4.69, 9.17) is 0 Å². The van der Waals surface area contributed by atoms with Crippen molar-refractivity contribution in [3.63, 3.8) is 0 Å². The van der Waals surface area contributed by atoms with Crippen LogP contribution in [0.1, 0.15) is 33.0 Å². The highest BCUT2D eigenvalue weighted by atomic mass is 32.1. The van der Waals surface area contributed by atoms with Gasteiger partial charge in [-0.1, -0.05) is 0 Å². The molecule has 1 aliphatic rings. The summed E-state index contributed by atoms with van der Waals surface area (Å²) in [5, 5.41) is 8.25. The van der Waals surface area contributed by atoms with Gasteiger partial charge in [0.05, 0.1) is 5.69 Å². The molecule has 0 radical (unpaired) electrons. The zero-order valence-corrected chi connectivity index (χ0v) is 16.7. The maximum atomic E-state index is 12.5. The summed E-state index contributed by atoms with van der Waals surface area (Å²) in [6.45, 7) is 4.15. The predicted molar refractivity (Wildman–Crippen MR) is 111 cm³/mol. The van der Waals surface area contributed by atoms with Crippen LogP contribution in [0.2, 0.25) is 0 Å². The molecule has 0 bridgehead atoms. The number of rotatable bonds is 5. The normalized spacial score (nSPS) is 13.4. The third-order valence-electron chi connectivity index (χ3n) is 4.40. The Bertz CT molecular complexity index is 1000. The summed E-state index contributed by atoms with van der Waals surface area (Å²) in [5.41, 5.74) is 3.24. The van der Waals surface area contributed by atoms with Crippen molar-refractivity contribution >= 4 is 45.3 Å². The molecule has 27 heavy (non-hydrogen) atoms. The largest absolute Gasteiger partial charge is 0.326 e. The summed E-state index contributed by atoms with van der Waals surface area (Å²) < 4.78 is 0. The Morgan fingerprint density at radius 2 is 1.85 bits per heavy atom. The summed E-state index contributed by atoms with van der Waals surface area (Å²) in [6, 6.07) is 9.03. The minimum atomic E-state index is -0.214. The van der Waals surface area contributed by atoms with Crippen LogP contribution in [0, 0.1) is 19.8 Å². The lowest BCUT2D eigenvalue weighted by atomic mass is 10.2. The van der Waals surface area contributed by atoms with Crippen molar-refractivity contribution in [3.8, 4) is 11.3 Å². The number of carbonyl (C=O) groups is 2. The molecule has 0 aliphatic heterocycles. The van der Waals surface area contributed by atoms with Gasteiger partial charge in [0.1, 0.15) is 0 Å². The molecular formula is C20H19N3O2S2. The van der Waals surface area contributed by atoms with Gasteiger partial charge in [-0.2, -0.15) is 0 Å². The molecule has 5 nitrogen and oxygen atoms in total. The number of hydrogen-bond donors (Lipinski definition) is 2. The van der Waals surface area contributed by atoms with Gasteiger partial charge >= 0.3 is 0 Å². The number of thiazole rings is 1. The summed E-state index contributed by atoms with van der Waals surface area (Å²) in [6.07, 6.45) is 1.93. The molecule has 2 heterocycles. The Morgan fingerprint density at radius 1 is 1.11 bits per heavy atom. The van der Waals surface area contributed by atoms with Gasteiger partial charge in [0.2, 0.25) is 5.91 Å². The van der Waals surface area contributed by atoms with E-state index in [-0.39, 0.29) is 17.7 Å². The predicted octanol–water partition coefficient (Wildman–Crippen LogP) is 5.09. The fourth-order valence-corrected chi connectivity index (χ4v) is 4.44. The molecule has 1 fully saturated rings. The molecule has 7 heteroatoms. The number of aromatic nitrogens is 1. The first kappa shape index (κ1) is 17.9. The Morgan fingerprint density at radius 3 is 2.48 bits per heavy atom. The van der Waals surface area contributed by atoms with Crippen molar-refractivity contribution in [1.29, 1.82) is 0 Å². The first-order chi connectivity index (χ1) is 13.0. The van der Waals surface area contributed by atoms with Crippen LogP contribution >= 0.6 is 22.7 Å². The lowest BCUT2D eigenvalue weighted by molar-refractivity contribution is -0.117. The molecule has 1 saturated carbocycles. The molecule has 138 valence electrons. The van der Waals surface area contributed by atoms with E-state index >= 15 is 0 Å². The van der Waals surface area contributed by atoms with Crippen LogP contribution < -0.4 is 10.6 Å². The van der Waals surface area contributed by atoms with Gasteiger partial charge in [-0.15, -0.1) is 22.7 Å². The summed E-state index contributed by atoms with van der Waals surface area (Å²) in [5.74, 6) is -0.00149. The van der Waals surface area contributed by atoms with Crippen molar-refractivity contribution in [1.82, 2.24) is 4.98 Å². The molecule has 4 rings (SSSR count). The number of aryl methyl sites for hydroxylation is 2. The van der Waals surface area contributed by atoms with E-state index in [0.29, 0.717) is 16.4 Å². The third-order valence-corrected chi connectivity index (χ3v) is 6.13. The van der Waals surface area contributed by atoms with Gasteiger partial charge in [-0.05, 0) is 57.0 Å². The van der Waals surface area contributed by atoms with Gasteiger partial charge in [0.25, 0.3) is 5.91 Å². The van der Waals surface area contributed by atoms with Gasteiger partial charge in [0.15, 0.2) is 5.13 Å². The molecule has 3 aromatic rings. The first-order valence-corrected chi connectivity index (χ1v) is 10.4. The maximum absolute atomic E-state index is 12.5. The smallest absolute Gasteiger partial charge is 0.257 e. The summed E-state index contributed by atoms with van der Waals surface area (Å²) in [4.78, 5) is 31.2. The van der Waals surface area contributed by atoms with E-state index in [2.05, 4.69) is 35.5 Å². The van der Waals surface area contributed by atoms with Crippen LogP contribution in [0.3, 0.4) is 0 Å². The average Bonchev–Trinajstić information content (AvgIpc) is 3.31. The number of hydrogen-bond acceptors (Lipinski definition) is 5. The molecule has 0 saturated heterocycles. The van der Waals surface area contributed by atoms with E-state index in [9.17, 15) is 9.59 Å². The number of nitrogens with zero attached hydrogens (tertiary/aromatic N) is 1. The van der Waals surface area contributed by atoms with Gasteiger partial charge in [0, 0.05) is 37.9 Å². The van der Waals surface area contributed by atoms with E-state index in [1.54, 1.807) is 35.6 Å². The standard InChI is InChI=1S/C20H19N3O2S2/c1-11-9-16(12(2)27-11)17-10-26-20(22-17)23-19(25)14-5-7-15(8-6-14)21-18(24)13-3-4-13/h5-10,13H,3-4H2,1-2H3,(H,21,24)(H,22,23,25). The second kappa shape index (κ2) is 7.25. The highest BCUT2D eigenvalue weighted by Crippen LogP contribution is 2.33. The lowest BCUT2D eigenvalue weighted by Gasteiger charge is -2.06. The van der Waals surface area contributed by atoms with E-state index in [0.717, 1.165) is 24.1 Å². The highest BCUT2D eigenvalue weighted by Gasteiger charge is 2.29. The van der Waals surface area contributed by atoms with Crippen LogP contribution in [0.15, 0.2) is 35.7 Å². The van der Waals surface area contributed by atoms with E-state index in [1.807, 2.05) is 5.38 Å². The van der Waals surface area contributed by atoms with Crippen LogP contribution in [0.5, 0.6) is 0 Å². The van der Waals surface area contributed by atoms with E-state index < -0.39 is 0 Å². The summed E-state index contributed by atoms with van der Waals surface area (Å²) in [7, 11) is 0. The SMILES string of the molecule is Cc1cc(-c2csc(NC(=O)c3ccc(NC(=O)C4CC4)cc3)n2)c(C)s1. The Kier molecular flexibility index (Phi) is 4.80. The molecule has 1 aromatic carbocycles. The Balaban J connectivity index is 1.41. The molecule has 2 aromatic heterocycles. The minimum absolute atomic E-state index is 0.0569. The number of benzene rings is 1. The number of thiophene rings is 1. The van der Waals surface area contributed by atoms with Crippen LogP contribution in [0.4, 0.5) is 10.8 Å². The number of anilines is 2. The Labute approximate surface area is 165 Å². The average molecular weight is 398 g/mol. The number of nitrogens with one attached hydrogen (secondary N) is 2. The zero-order valence-electron chi connectivity index (χ0n) is 15.0. The fraction of sp³-hybridized carbons (Fsp3) is 0.250. The number of carbonyl (C=O) groups excluding carboxylic acids is 2. The van der Waals surface area contributed by atoms with Gasteiger partial charge in [-0.25, -0.2) is 4.98 Å². The molecule has 2 amide bonds. The van der Waals surface area contributed by atoms with Crippen LogP contribution in [0.25, 0.3) is 11.3 Å². The van der Waals surface area contributed by atoms with Crippen molar-refractivity contribution < 1.29 is 9.59 Å². The second-order valence-electron chi connectivity index (χ2n) is 6.66. The lowest BCUT2D eigenvalue weighted by Crippen LogP contribution is -2.14. The molecule has 0 spiro atoms. The van der Waals surface area contributed by atoms with Gasteiger partial charge < -0.3 is 5.32 Å². The van der Waals surface area contributed by atoms with E-state index in [1.165, 1.54) is 21.1 Å². The van der Waals surface area contributed by atoms with Crippen molar-refractivity contribution in [2.24, 2.45) is 5.92 Å². The summed E-state index contributed by atoms with van der Waals surface area (Å²) >= 11 is 3.15. The van der Waals surface area contributed by atoms with Crippen molar-refractivity contribution in [2.75, 3.05) is 10.6 Å². The van der Waals surface area contributed by atoms with Crippen LogP contribution in [-0.4, -0.2) is 16.8 Å². The monoisotopic (exact) mass is 397 g/mol. The molecule has 1 aliphatic carbocycles. The molecular weight excluding hydrogens is 378 g/mol. The Hall–Kier alpha value is -2.51. The minimum Gasteiger partial charge on any atom is -0.326 e. The van der Waals surface area contributed by atoms with Crippen LogP contribution in [-0.2, 0) is 4.79 Å². The molecule has 2 N–H and O–H groups in total. The zero-order chi connectivity index (χ0) is 19.0. The third kappa shape index (κ3) is 4.09. The topological polar surface area (TPSA) is 71.1 Å².